The summed E-state index contributed by atoms with van der Waals surface area (Å²) in [6, 6.07) is 5.22. The van der Waals surface area contributed by atoms with Crippen molar-refractivity contribution in [1.29, 1.82) is 0 Å². The summed E-state index contributed by atoms with van der Waals surface area (Å²) in [5.74, 6) is 0. The lowest BCUT2D eigenvalue weighted by molar-refractivity contribution is 0.338. The minimum absolute atomic E-state index is 0.0874. The van der Waals surface area contributed by atoms with E-state index in [1.807, 2.05) is 19.1 Å². The molecule has 0 fully saturated rings. The maximum Gasteiger partial charge on any atom is 0.240 e. The van der Waals surface area contributed by atoms with E-state index in [0.717, 1.165) is 17.5 Å². The number of rotatable bonds is 5. The third-order valence-electron chi connectivity index (χ3n) is 3.04. The van der Waals surface area contributed by atoms with Gasteiger partial charge in [0, 0.05) is 12.6 Å². The normalized spacial score (nSPS) is 14.3. The molecule has 0 amide bonds. The van der Waals surface area contributed by atoms with E-state index in [4.69, 9.17) is 5.73 Å². The molecule has 1 atom stereocenters. The topological polar surface area (TPSA) is 72.2 Å². The van der Waals surface area contributed by atoms with Gasteiger partial charge in [0.05, 0.1) is 4.90 Å². The van der Waals surface area contributed by atoms with Gasteiger partial charge in [-0.3, -0.25) is 0 Å². The average Bonchev–Trinajstić information content (AvgIpc) is 2.27. The van der Waals surface area contributed by atoms with Crippen LogP contribution in [0.15, 0.2) is 23.1 Å². The molecule has 5 heteroatoms. The van der Waals surface area contributed by atoms with E-state index in [1.54, 1.807) is 13.0 Å². The minimum Gasteiger partial charge on any atom is -0.326 e. The lowest BCUT2D eigenvalue weighted by Gasteiger charge is -2.23. The van der Waals surface area contributed by atoms with Crippen LogP contribution in [0.3, 0.4) is 0 Å². The van der Waals surface area contributed by atoms with Crippen LogP contribution in [0.4, 0.5) is 0 Å². The van der Waals surface area contributed by atoms with Crippen LogP contribution in [-0.2, 0) is 10.0 Å². The summed E-state index contributed by atoms with van der Waals surface area (Å²) >= 11 is 0. The van der Waals surface area contributed by atoms with Gasteiger partial charge >= 0.3 is 0 Å². The molecular weight excluding hydrogens is 272 g/mol. The Bertz CT molecular complexity index is 560. The molecule has 0 spiro atoms. The number of hydrogen-bond donors (Lipinski definition) is 2. The number of aryl methyl sites for hydroxylation is 2. The molecule has 0 bridgehead atoms. The molecule has 0 aliphatic rings. The Morgan fingerprint density at radius 3 is 2.40 bits per heavy atom. The zero-order valence-corrected chi connectivity index (χ0v) is 13.8. The van der Waals surface area contributed by atoms with Crippen molar-refractivity contribution in [2.45, 2.75) is 52.0 Å². The summed E-state index contributed by atoms with van der Waals surface area (Å²) in [6.45, 7) is 10.2. The zero-order chi connectivity index (χ0) is 15.6. The Morgan fingerprint density at radius 2 is 1.85 bits per heavy atom. The standard InChI is InChI=1S/C15H26N2O2S/c1-11-6-7-12(2)14(8-11)20(18,19)17-10-13(16)9-15(3,4)5/h6-8,13,17H,9-10,16H2,1-5H3. The molecular formula is C15H26N2O2S. The van der Waals surface area contributed by atoms with E-state index < -0.39 is 10.0 Å². The van der Waals surface area contributed by atoms with E-state index >= 15 is 0 Å². The van der Waals surface area contributed by atoms with Gasteiger partial charge in [-0.1, -0.05) is 32.9 Å². The van der Waals surface area contributed by atoms with Crippen LogP contribution >= 0.6 is 0 Å². The number of nitrogens with one attached hydrogen (secondary N) is 1. The molecule has 3 N–H and O–H groups in total. The third kappa shape index (κ3) is 5.23. The number of benzene rings is 1. The van der Waals surface area contributed by atoms with E-state index in [9.17, 15) is 8.42 Å². The fraction of sp³-hybridized carbons (Fsp3) is 0.600. The van der Waals surface area contributed by atoms with Crippen LogP contribution in [0.25, 0.3) is 0 Å². The quantitative estimate of drug-likeness (QED) is 0.876. The van der Waals surface area contributed by atoms with Crippen LogP contribution < -0.4 is 10.5 Å². The Morgan fingerprint density at radius 1 is 1.25 bits per heavy atom. The van der Waals surface area contributed by atoms with Crippen LogP contribution in [0.1, 0.15) is 38.3 Å². The van der Waals surface area contributed by atoms with Gasteiger partial charge in [-0.25, -0.2) is 13.1 Å². The van der Waals surface area contributed by atoms with Gasteiger partial charge in [0.2, 0.25) is 10.0 Å². The van der Waals surface area contributed by atoms with Crippen LogP contribution in [0, 0.1) is 19.3 Å². The lowest BCUT2D eigenvalue weighted by atomic mass is 9.88. The van der Waals surface area contributed by atoms with E-state index in [-0.39, 0.29) is 18.0 Å². The summed E-state index contributed by atoms with van der Waals surface area (Å²) in [7, 11) is -3.49. The Labute approximate surface area is 122 Å². The van der Waals surface area contributed by atoms with E-state index in [1.165, 1.54) is 0 Å². The SMILES string of the molecule is Cc1ccc(C)c(S(=O)(=O)NCC(N)CC(C)(C)C)c1. The van der Waals surface area contributed by atoms with Crippen molar-refractivity contribution >= 4 is 10.0 Å². The molecule has 0 aliphatic heterocycles. The van der Waals surface area contributed by atoms with E-state index in [2.05, 4.69) is 25.5 Å². The van der Waals surface area contributed by atoms with Gasteiger partial charge < -0.3 is 5.73 Å². The van der Waals surface area contributed by atoms with Crippen molar-refractivity contribution in [3.8, 4) is 0 Å². The second-order valence-corrected chi connectivity index (χ2v) is 8.38. The summed E-state index contributed by atoms with van der Waals surface area (Å²) in [4.78, 5) is 0.334. The first-order valence-corrected chi connectivity index (χ1v) is 8.32. The van der Waals surface area contributed by atoms with Gasteiger partial charge in [-0.2, -0.15) is 0 Å². The van der Waals surface area contributed by atoms with Crippen molar-refractivity contribution < 1.29 is 8.42 Å². The summed E-state index contributed by atoms with van der Waals surface area (Å²) in [5.41, 5.74) is 7.74. The first-order chi connectivity index (χ1) is 9.01. The predicted octanol–water partition coefficient (Wildman–Crippen LogP) is 2.35. The summed E-state index contributed by atoms with van der Waals surface area (Å²) in [6.07, 6.45) is 0.766. The van der Waals surface area contributed by atoms with Gasteiger partial charge in [0.15, 0.2) is 0 Å². The highest BCUT2D eigenvalue weighted by Crippen LogP contribution is 2.20. The van der Waals surface area contributed by atoms with Crippen molar-refractivity contribution in [3.05, 3.63) is 29.3 Å². The molecule has 1 aromatic carbocycles. The van der Waals surface area contributed by atoms with Crippen molar-refractivity contribution in [3.63, 3.8) is 0 Å². The van der Waals surface area contributed by atoms with Crippen LogP contribution in [0.5, 0.6) is 0 Å². The maximum atomic E-state index is 12.3. The highest BCUT2D eigenvalue weighted by atomic mass is 32.2. The highest BCUT2D eigenvalue weighted by Gasteiger charge is 2.20. The average molecular weight is 298 g/mol. The van der Waals surface area contributed by atoms with E-state index in [0.29, 0.717) is 4.90 Å². The van der Waals surface area contributed by atoms with Gasteiger partial charge in [-0.05, 0) is 42.9 Å². The Hall–Kier alpha value is -0.910. The van der Waals surface area contributed by atoms with Gasteiger partial charge in [0.25, 0.3) is 0 Å². The molecule has 0 heterocycles. The molecule has 20 heavy (non-hydrogen) atoms. The minimum atomic E-state index is -3.49. The Balaban J connectivity index is 2.78. The van der Waals surface area contributed by atoms with Crippen molar-refractivity contribution in [2.24, 2.45) is 11.1 Å². The number of nitrogens with two attached hydrogens (primary N) is 1. The highest BCUT2D eigenvalue weighted by molar-refractivity contribution is 7.89. The predicted molar refractivity (Wildman–Crippen MR) is 83.2 cm³/mol. The largest absolute Gasteiger partial charge is 0.326 e. The molecule has 114 valence electrons. The lowest BCUT2D eigenvalue weighted by Crippen LogP contribution is -2.39. The molecule has 0 aromatic heterocycles. The number of sulfonamides is 1. The third-order valence-corrected chi connectivity index (χ3v) is 4.61. The first kappa shape index (κ1) is 17.1. The van der Waals surface area contributed by atoms with Gasteiger partial charge in [0.1, 0.15) is 0 Å². The zero-order valence-electron chi connectivity index (χ0n) is 13.0. The molecule has 0 radical (unpaired) electrons. The smallest absolute Gasteiger partial charge is 0.240 e. The molecule has 0 aliphatic carbocycles. The monoisotopic (exact) mass is 298 g/mol. The second kappa shape index (κ2) is 6.24. The van der Waals surface area contributed by atoms with Gasteiger partial charge in [-0.15, -0.1) is 0 Å². The molecule has 4 nitrogen and oxygen atoms in total. The first-order valence-electron chi connectivity index (χ1n) is 6.84. The fourth-order valence-corrected chi connectivity index (χ4v) is 3.57. The molecule has 1 unspecified atom stereocenters. The fourth-order valence-electron chi connectivity index (χ4n) is 2.15. The van der Waals surface area contributed by atoms with Crippen molar-refractivity contribution in [1.82, 2.24) is 4.72 Å². The van der Waals surface area contributed by atoms with Crippen molar-refractivity contribution in [2.75, 3.05) is 6.54 Å². The molecule has 1 aromatic rings. The molecule has 0 saturated carbocycles. The summed E-state index contributed by atoms with van der Waals surface area (Å²) in [5, 5.41) is 0. The maximum absolute atomic E-state index is 12.3. The second-order valence-electron chi connectivity index (χ2n) is 6.65. The van der Waals surface area contributed by atoms with Crippen LogP contribution in [-0.4, -0.2) is 21.0 Å². The van der Waals surface area contributed by atoms with Crippen LogP contribution in [0.2, 0.25) is 0 Å². The molecule has 0 saturated heterocycles. The Kier molecular flexibility index (Phi) is 5.35. The summed E-state index contributed by atoms with van der Waals surface area (Å²) < 4.78 is 27.2. The number of hydrogen-bond acceptors (Lipinski definition) is 3. The molecule has 1 rings (SSSR count).